The zero-order valence-electron chi connectivity index (χ0n) is 13.1. The first-order valence-electron chi connectivity index (χ1n) is 7.91. The van der Waals surface area contributed by atoms with Crippen molar-refractivity contribution in [3.05, 3.63) is 41.7 Å². The zero-order chi connectivity index (χ0) is 15.5. The molecule has 1 saturated carbocycles. The van der Waals surface area contributed by atoms with Crippen LogP contribution in [-0.4, -0.2) is 20.9 Å². The van der Waals surface area contributed by atoms with E-state index in [0.717, 1.165) is 17.1 Å². The van der Waals surface area contributed by atoms with Gasteiger partial charge in [0.2, 0.25) is 5.91 Å². The van der Waals surface area contributed by atoms with Gasteiger partial charge in [-0.1, -0.05) is 30.3 Å². The van der Waals surface area contributed by atoms with Crippen molar-refractivity contribution in [3.63, 3.8) is 0 Å². The van der Waals surface area contributed by atoms with Gasteiger partial charge < -0.3 is 5.32 Å². The van der Waals surface area contributed by atoms with Gasteiger partial charge in [-0.3, -0.25) is 4.79 Å². The van der Waals surface area contributed by atoms with E-state index < -0.39 is 0 Å². The average molecular weight is 298 g/mol. The minimum absolute atomic E-state index is 0.0105. The molecule has 116 valence electrons. The summed E-state index contributed by atoms with van der Waals surface area (Å²) in [7, 11) is 0. The van der Waals surface area contributed by atoms with E-state index in [2.05, 4.69) is 22.6 Å². The van der Waals surface area contributed by atoms with Gasteiger partial charge in [0.15, 0.2) is 0 Å². The van der Waals surface area contributed by atoms with Gasteiger partial charge in [-0.25, -0.2) is 4.68 Å². The summed E-state index contributed by atoms with van der Waals surface area (Å²) in [6.07, 6.45) is 4.06. The highest BCUT2D eigenvalue weighted by atomic mass is 16.1. The van der Waals surface area contributed by atoms with E-state index >= 15 is 0 Å². The first-order valence-corrected chi connectivity index (χ1v) is 7.91. The fourth-order valence-electron chi connectivity index (χ4n) is 2.89. The molecule has 1 amide bonds. The normalized spacial score (nSPS) is 16.1. The van der Waals surface area contributed by atoms with E-state index in [0.29, 0.717) is 12.5 Å². The third-order valence-corrected chi connectivity index (χ3v) is 4.40. The molecule has 22 heavy (non-hydrogen) atoms. The number of anilines is 1. The molecule has 3 rings (SSSR count). The van der Waals surface area contributed by atoms with Gasteiger partial charge in [-0.05, 0) is 38.3 Å². The van der Waals surface area contributed by atoms with Crippen LogP contribution in [0.25, 0.3) is 0 Å². The highest BCUT2D eigenvalue weighted by molar-refractivity contribution is 5.91. The summed E-state index contributed by atoms with van der Waals surface area (Å²) in [4.78, 5) is 12.1. The first kappa shape index (κ1) is 14.8. The lowest BCUT2D eigenvalue weighted by Crippen LogP contribution is -2.19. The molecule has 1 aromatic heterocycles. The fraction of sp³-hybridized carbons (Fsp3) is 0.471. The van der Waals surface area contributed by atoms with Gasteiger partial charge in [0.25, 0.3) is 0 Å². The maximum Gasteiger partial charge on any atom is 0.225 e. The molecule has 0 unspecified atom stereocenters. The summed E-state index contributed by atoms with van der Waals surface area (Å²) in [5.74, 6) is 0.0776. The van der Waals surface area contributed by atoms with Gasteiger partial charge in [-0.15, -0.1) is 5.10 Å². The smallest absolute Gasteiger partial charge is 0.225 e. The van der Waals surface area contributed by atoms with Crippen LogP contribution in [0.1, 0.15) is 56.0 Å². The predicted molar refractivity (Wildman–Crippen MR) is 85.8 cm³/mol. The minimum atomic E-state index is 0.0105. The molecule has 1 aromatic carbocycles. The second-order valence-corrected chi connectivity index (χ2v) is 6.11. The number of rotatable bonds is 5. The monoisotopic (exact) mass is 298 g/mol. The van der Waals surface area contributed by atoms with Crippen molar-refractivity contribution in [1.82, 2.24) is 15.0 Å². The van der Waals surface area contributed by atoms with Crippen LogP contribution in [0.3, 0.4) is 0 Å². The number of nitrogens with zero attached hydrogens (tertiary/aromatic N) is 3. The number of carbonyl (C=O) groups excluding carboxylic acids is 1. The lowest BCUT2D eigenvalue weighted by molar-refractivity contribution is -0.116. The Morgan fingerprint density at radius 2 is 2.09 bits per heavy atom. The fourth-order valence-corrected chi connectivity index (χ4v) is 2.89. The van der Waals surface area contributed by atoms with Crippen LogP contribution >= 0.6 is 0 Å². The Labute approximate surface area is 130 Å². The Balaban J connectivity index is 1.63. The van der Waals surface area contributed by atoms with Crippen LogP contribution in [0.4, 0.5) is 5.69 Å². The Morgan fingerprint density at radius 1 is 1.36 bits per heavy atom. The standard InChI is InChI=1S/C17H22N4O/c1-12(11-16(22)18-14-7-4-3-5-8-14)17-13(2)21(20-19-17)15-9-6-10-15/h3-5,7-8,12,15H,6,9-11H2,1-2H3,(H,18,22)/t12-/m0/s1. The molecule has 1 heterocycles. The van der Waals surface area contributed by atoms with Crippen LogP contribution in [0.15, 0.2) is 30.3 Å². The first-order chi connectivity index (χ1) is 10.6. The SMILES string of the molecule is Cc1c([C@@H](C)CC(=O)Nc2ccccc2)nnn1C1CCC1. The molecule has 1 aliphatic carbocycles. The van der Waals surface area contributed by atoms with E-state index in [9.17, 15) is 4.79 Å². The predicted octanol–water partition coefficient (Wildman–Crippen LogP) is 3.44. The van der Waals surface area contributed by atoms with Gasteiger partial charge in [-0.2, -0.15) is 0 Å². The molecule has 1 atom stereocenters. The van der Waals surface area contributed by atoms with Crippen LogP contribution in [0, 0.1) is 6.92 Å². The third kappa shape index (κ3) is 3.03. The molecule has 0 spiro atoms. The molecule has 0 saturated heterocycles. The molecule has 1 fully saturated rings. The molecule has 2 aromatic rings. The number of amides is 1. The van der Waals surface area contributed by atoms with Crippen molar-refractivity contribution in [1.29, 1.82) is 0 Å². The highest BCUT2D eigenvalue weighted by Crippen LogP contribution is 2.33. The number of aromatic nitrogens is 3. The number of carbonyl (C=O) groups is 1. The maximum absolute atomic E-state index is 12.1. The second kappa shape index (κ2) is 6.30. The topological polar surface area (TPSA) is 59.8 Å². The van der Waals surface area contributed by atoms with Crippen LogP contribution < -0.4 is 5.32 Å². The molecule has 1 N–H and O–H groups in total. The van der Waals surface area contributed by atoms with Crippen molar-refractivity contribution in [3.8, 4) is 0 Å². The Bertz CT molecular complexity index is 646. The molecule has 0 aliphatic heterocycles. The number of para-hydroxylation sites is 1. The van der Waals surface area contributed by atoms with Crippen molar-refractivity contribution in [2.45, 2.75) is 51.5 Å². The quantitative estimate of drug-likeness (QED) is 0.919. The van der Waals surface area contributed by atoms with Gasteiger partial charge in [0.05, 0.1) is 17.4 Å². The van der Waals surface area contributed by atoms with Crippen molar-refractivity contribution in [2.24, 2.45) is 0 Å². The van der Waals surface area contributed by atoms with Crippen molar-refractivity contribution in [2.75, 3.05) is 5.32 Å². The van der Waals surface area contributed by atoms with Crippen molar-refractivity contribution >= 4 is 11.6 Å². The molecule has 5 nitrogen and oxygen atoms in total. The number of hydrogen-bond acceptors (Lipinski definition) is 3. The van der Waals surface area contributed by atoms with E-state index in [1.807, 2.05) is 41.9 Å². The van der Waals surface area contributed by atoms with E-state index in [1.54, 1.807) is 0 Å². The highest BCUT2D eigenvalue weighted by Gasteiger charge is 2.25. The van der Waals surface area contributed by atoms with E-state index in [-0.39, 0.29) is 11.8 Å². The van der Waals surface area contributed by atoms with Crippen LogP contribution in [0.5, 0.6) is 0 Å². The van der Waals surface area contributed by atoms with Crippen molar-refractivity contribution < 1.29 is 4.79 Å². The summed E-state index contributed by atoms with van der Waals surface area (Å²) < 4.78 is 2.03. The Hall–Kier alpha value is -2.17. The molecular formula is C17H22N4O. The summed E-state index contributed by atoms with van der Waals surface area (Å²) >= 11 is 0. The summed E-state index contributed by atoms with van der Waals surface area (Å²) in [6, 6.07) is 10.0. The third-order valence-electron chi connectivity index (χ3n) is 4.40. The average Bonchev–Trinajstić information content (AvgIpc) is 2.80. The molecule has 0 radical (unpaired) electrons. The van der Waals surface area contributed by atoms with E-state index in [1.165, 1.54) is 19.3 Å². The Kier molecular flexibility index (Phi) is 4.22. The second-order valence-electron chi connectivity index (χ2n) is 6.11. The molecule has 0 bridgehead atoms. The zero-order valence-corrected chi connectivity index (χ0v) is 13.1. The lowest BCUT2D eigenvalue weighted by atomic mass is 9.93. The van der Waals surface area contributed by atoms with Crippen LogP contribution in [0.2, 0.25) is 0 Å². The number of benzene rings is 1. The van der Waals surface area contributed by atoms with Crippen LogP contribution in [-0.2, 0) is 4.79 Å². The summed E-state index contributed by atoms with van der Waals surface area (Å²) in [5.41, 5.74) is 2.87. The summed E-state index contributed by atoms with van der Waals surface area (Å²) in [6.45, 7) is 4.09. The maximum atomic E-state index is 12.1. The van der Waals surface area contributed by atoms with Gasteiger partial charge >= 0.3 is 0 Å². The Morgan fingerprint density at radius 3 is 2.73 bits per heavy atom. The molecule has 1 aliphatic rings. The minimum Gasteiger partial charge on any atom is -0.326 e. The van der Waals surface area contributed by atoms with E-state index in [4.69, 9.17) is 0 Å². The summed E-state index contributed by atoms with van der Waals surface area (Å²) in [5, 5.41) is 11.5. The largest absolute Gasteiger partial charge is 0.326 e. The molecular weight excluding hydrogens is 276 g/mol. The lowest BCUT2D eigenvalue weighted by Gasteiger charge is -2.26. The number of nitrogens with one attached hydrogen (secondary N) is 1. The van der Waals surface area contributed by atoms with Gasteiger partial charge in [0.1, 0.15) is 0 Å². The molecule has 5 heteroatoms. The van der Waals surface area contributed by atoms with Gasteiger partial charge in [0, 0.05) is 18.0 Å². The number of hydrogen-bond donors (Lipinski definition) is 1.